The average Bonchev–Trinajstić information content (AvgIpc) is 2.30. The van der Waals surface area contributed by atoms with Crippen molar-refractivity contribution >= 4 is 47.5 Å². The highest BCUT2D eigenvalue weighted by Gasteiger charge is 2.15. The van der Waals surface area contributed by atoms with Gasteiger partial charge >= 0.3 is 0 Å². The van der Waals surface area contributed by atoms with E-state index in [0.717, 1.165) is 29.0 Å². The van der Waals surface area contributed by atoms with Crippen LogP contribution in [0.5, 0.6) is 0 Å². The second kappa shape index (κ2) is 5.80. The first kappa shape index (κ1) is 14.4. The largest absolute Gasteiger partial charge is 0.322 e. The second-order valence-corrected chi connectivity index (χ2v) is 4.86. The third-order valence-electron chi connectivity index (χ3n) is 2.88. The summed E-state index contributed by atoms with van der Waals surface area (Å²) in [6.07, 6.45) is 1.02. The second-order valence-electron chi connectivity index (χ2n) is 3.76. The number of rotatable bonds is 0. The number of benzene rings is 1. The maximum atomic E-state index is 11.8. The van der Waals surface area contributed by atoms with E-state index in [4.69, 9.17) is 0 Å². The molecule has 0 bridgehead atoms. The summed E-state index contributed by atoms with van der Waals surface area (Å²) in [4.78, 5) is 14.8. The predicted molar refractivity (Wildman–Crippen MR) is 78.9 cm³/mol. The van der Waals surface area contributed by atoms with Crippen LogP contribution in [0.4, 0.5) is 0 Å². The lowest BCUT2D eigenvalue weighted by Crippen LogP contribution is -2.18. The first-order valence-electron chi connectivity index (χ1n) is 5.07. The number of halogens is 2. The molecule has 0 atom stereocenters. The Hall–Kier alpha value is -0.640. The van der Waals surface area contributed by atoms with E-state index in [1.807, 2.05) is 30.0 Å². The van der Waals surface area contributed by atoms with Gasteiger partial charge in [-0.2, -0.15) is 11.8 Å². The zero-order chi connectivity index (χ0) is 10.3. The normalized spacial score (nSPS) is 13.4. The number of aromatic amines is 1. The number of para-hydroxylation sites is 1. The molecule has 0 unspecified atom stereocenters. The molecule has 17 heavy (non-hydrogen) atoms. The molecular formula is C12H13Cl2NOS. The third kappa shape index (κ3) is 2.46. The lowest BCUT2D eigenvalue weighted by Gasteiger charge is -2.16. The summed E-state index contributed by atoms with van der Waals surface area (Å²) in [5.41, 5.74) is 3.29. The number of H-pyrrole nitrogens is 1. The van der Waals surface area contributed by atoms with E-state index >= 15 is 0 Å². The maximum absolute atomic E-state index is 11.8. The number of hydrogen-bond acceptors (Lipinski definition) is 2. The van der Waals surface area contributed by atoms with Gasteiger partial charge in [-0.25, -0.2) is 0 Å². The molecule has 2 aromatic rings. The van der Waals surface area contributed by atoms with E-state index in [-0.39, 0.29) is 30.4 Å². The molecule has 2 heterocycles. The highest BCUT2D eigenvalue weighted by atomic mass is 35.5. The highest BCUT2D eigenvalue weighted by Crippen LogP contribution is 2.26. The summed E-state index contributed by atoms with van der Waals surface area (Å²) >= 11 is 1.84. The van der Waals surface area contributed by atoms with Gasteiger partial charge < -0.3 is 4.98 Å². The first-order chi connectivity index (χ1) is 7.36. The van der Waals surface area contributed by atoms with Crippen LogP contribution in [0.25, 0.3) is 10.9 Å². The molecule has 1 aliphatic heterocycles. The Kier molecular flexibility index (Phi) is 4.92. The van der Waals surface area contributed by atoms with Crippen molar-refractivity contribution in [3.63, 3.8) is 0 Å². The standard InChI is InChI=1S/C12H11NOS.2ClH/c14-12-10-7-15-6-5-8(10)9-3-1-2-4-11(9)13-12;;/h1-4H,5-7H2,(H,13,14);2*1H. The Balaban J connectivity index is 0.000000722. The molecule has 0 radical (unpaired) electrons. The van der Waals surface area contributed by atoms with Crippen LogP contribution < -0.4 is 5.56 Å². The van der Waals surface area contributed by atoms with Crippen molar-refractivity contribution in [2.24, 2.45) is 0 Å². The number of pyridine rings is 1. The number of aromatic nitrogens is 1. The van der Waals surface area contributed by atoms with Crippen LogP contribution in [-0.2, 0) is 12.2 Å². The van der Waals surface area contributed by atoms with Crippen molar-refractivity contribution in [2.45, 2.75) is 12.2 Å². The van der Waals surface area contributed by atoms with E-state index in [1.54, 1.807) is 0 Å². The molecule has 0 saturated carbocycles. The van der Waals surface area contributed by atoms with Crippen LogP contribution in [-0.4, -0.2) is 10.7 Å². The Morgan fingerprint density at radius 1 is 1.12 bits per heavy atom. The number of thioether (sulfide) groups is 1. The fourth-order valence-electron chi connectivity index (χ4n) is 2.14. The minimum atomic E-state index is 0. The molecule has 0 saturated heterocycles. The van der Waals surface area contributed by atoms with E-state index in [9.17, 15) is 4.79 Å². The van der Waals surface area contributed by atoms with Gasteiger partial charge in [-0.05, 0) is 23.8 Å². The van der Waals surface area contributed by atoms with Gasteiger partial charge in [0.25, 0.3) is 5.56 Å². The molecule has 3 rings (SSSR count). The van der Waals surface area contributed by atoms with Gasteiger partial charge in [0.15, 0.2) is 0 Å². The van der Waals surface area contributed by atoms with Crippen LogP contribution in [0, 0.1) is 0 Å². The molecule has 92 valence electrons. The van der Waals surface area contributed by atoms with Crippen LogP contribution in [0.2, 0.25) is 0 Å². The Labute approximate surface area is 116 Å². The highest BCUT2D eigenvalue weighted by molar-refractivity contribution is 7.98. The minimum absolute atomic E-state index is 0. The van der Waals surface area contributed by atoms with Gasteiger partial charge in [0.2, 0.25) is 0 Å². The van der Waals surface area contributed by atoms with E-state index < -0.39 is 0 Å². The molecule has 1 aromatic heterocycles. The van der Waals surface area contributed by atoms with Crippen LogP contribution in [0.3, 0.4) is 0 Å². The van der Waals surface area contributed by atoms with Crippen molar-refractivity contribution in [3.05, 3.63) is 45.7 Å². The van der Waals surface area contributed by atoms with Crippen LogP contribution in [0.1, 0.15) is 11.1 Å². The Bertz CT molecular complexity index is 582. The van der Waals surface area contributed by atoms with Crippen molar-refractivity contribution in [2.75, 3.05) is 5.75 Å². The molecule has 1 aliphatic rings. The molecule has 0 fully saturated rings. The third-order valence-corrected chi connectivity index (χ3v) is 3.87. The number of aryl methyl sites for hydroxylation is 1. The summed E-state index contributed by atoms with van der Waals surface area (Å²) in [7, 11) is 0. The zero-order valence-corrected chi connectivity index (χ0v) is 11.5. The predicted octanol–water partition coefficient (Wildman–Crippen LogP) is 3.16. The van der Waals surface area contributed by atoms with Crippen LogP contribution in [0.15, 0.2) is 29.1 Å². The van der Waals surface area contributed by atoms with E-state index in [0.29, 0.717) is 0 Å². The summed E-state index contributed by atoms with van der Waals surface area (Å²) in [6, 6.07) is 8.06. The molecule has 0 spiro atoms. The smallest absolute Gasteiger partial charge is 0.252 e. The monoisotopic (exact) mass is 289 g/mol. The molecular weight excluding hydrogens is 277 g/mol. The maximum Gasteiger partial charge on any atom is 0.252 e. The van der Waals surface area contributed by atoms with Gasteiger partial charge in [0, 0.05) is 22.2 Å². The average molecular weight is 290 g/mol. The molecule has 2 nitrogen and oxygen atoms in total. The van der Waals surface area contributed by atoms with Gasteiger partial charge in [-0.3, -0.25) is 4.79 Å². The van der Waals surface area contributed by atoms with Crippen molar-refractivity contribution in [1.29, 1.82) is 0 Å². The molecule has 0 amide bonds. The summed E-state index contributed by atoms with van der Waals surface area (Å²) in [5, 5.41) is 1.22. The van der Waals surface area contributed by atoms with Gasteiger partial charge in [0.1, 0.15) is 0 Å². The number of hydrogen-bond donors (Lipinski definition) is 1. The Morgan fingerprint density at radius 2 is 1.88 bits per heavy atom. The van der Waals surface area contributed by atoms with Crippen LogP contribution >= 0.6 is 36.6 Å². The Morgan fingerprint density at radius 3 is 2.71 bits per heavy atom. The summed E-state index contributed by atoms with van der Waals surface area (Å²) < 4.78 is 0. The quantitative estimate of drug-likeness (QED) is 0.808. The zero-order valence-electron chi connectivity index (χ0n) is 9.06. The molecule has 0 aliphatic carbocycles. The van der Waals surface area contributed by atoms with Gasteiger partial charge in [-0.1, -0.05) is 18.2 Å². The number of nitrogens with one attached hydrogen (secondary N) is 1. The SMILES string of the molecule is Cl.Cl.O=c1[nH]c2ccccc2c2c1CSCC2. The van der Waals surface area contributed by atoms with Crippen molar-refractivity contribution in [1.82, 2.24) is 4.98 Å². The lowest BCUT2D eigenvalue weighted by molar-refractivity contribution is 1.06. The summed E-state index contributed by atoms with van der Waals surface area (Å²) in [5.74, 6) is 1.98. The van der Waals surface area contributed by atoms with Gasteiger partial charge in [-0.15, -0.1) is 24.8 Å². The fraction of sp³-hybridized carbons (Fsp3) is 0.250. The minimum Gasteiger partial charge on any atom is -0.322 e. The lowest BCUT2D eigenvalue weighted by atomic mass is 10.0. The molecule has 1 N–H and O–H groups in total. The van der Waals surface area contributed by atoms with E-state index in [2.05, 4.69) is 11.1 Å². The first-order valence-corrected chi connectivity index (χ1v) is 6.22. The number of fused-ring (bicyclic) bond motifs is 3. The fourth-order valence-corrected chi connectivity index (χ4v) is 3.14. The summed E-state index contributed by atoms with van der Waals surface area (Å²) in [6.45, 7) is 0. The van der Waals surface area contributed by atoms with Crippen molar-refractivity contribution < 1.29 is 0 Å². The van der Waals surface area contributed by atoms with E-state index in [1.165, 1.54) is 10.9 Å². The van der Waals surface area contributed by atoms with Crippen molar-refractivity contribution in [3.8, 4) is 0 Å². The molecule has 5 heteroatoms. The van der Waals surface area contributed by atoms with Gasteiger partial charge in [0.05, 0.1) is 0 Å². The molecule has 1 aromatic carbocycles. The topological polar surface area (TPSA) is 32.9 Å².